The second-order valence-electron chi connectivity index (χ2n) is 3.99. The number of nitrogens with zero attached hydrogens (tertiary/aromatic N) is 2. The van der Waals surface area contributed by atoms with E-state index in [1.807, 2.05) is 23.9 Å². The molecule has 0 saturated carbocycles. The van der Waals surface area contributed by atoms with Crippen LogP contribution in [0.15, 0.2) is 34.9 Å². The standard InChI is InChI=1S/C13H16BrN3/c1-3-13-10(9-17(2)16-13)8-15-12-6-4-11(14)5-7-12/h4-7,9,15H,3,8H2,1-2H3. The minimum absolute atomic E-state index is 0.818. The zero-order valence-corrected chi connectivity index (χ0v) is 11.7. The zero-order valence-electron chi connectivity index (χ0n) is 10.1. The van der Waals surface area contributed by atoms with E-state index in [1.165, 1.54) is 5.56 Å². The van der Waals surface area contributed by atoms with Crippen molar-refractivity contribution in [2.24, 2.45) is 7.05 Å². The van der Waals surface area contributed by atoms with E-state index in [4.69, 9.17) is 0 Å². The summed E-state index contributed by atoms with van der Waals surface area (Å²) in [6.45, 7) is 2.95. The zero-order chi connectivity index (χ0) is 12.3. The maximum absolute atomic E-state index is 4.42. The van der Waals surface area contributed by atoms with E-state index >= 15 is 0 Å². The Labute approximate surface area is 110 Å². The van der Waals surface area contributed by atoms with Crippen LogP contribution in [-0.2, 0) is 20.0 Å². The highest BCUT2D eigenvalue weighted by atomic mass is 79.9. The van der Waals surface area contributed by atoms with Gasteiger partial charge in [0.1, 0.15) is 0 Å². The normalized spacial score (nSPS) is 10.5. The minimum Gasteiger partial charge on any atom is -0.381 e. The Hall–Kier alpha value is -1.29. The Morgan fingerprint density at radius 3 is 2.65 bits per heavy atom. The van der Waals surface area contributed by atoms with Crippen LogP contribution in [0.5, 0.6) is 0 Å². The van der Waals surface area contributed by atoms with Gasteiger partial charge in [0.05, 0.1) is 5.69 Å². The number of benzene rings is 1. The molecule has 0 atom stereocenters. The van der Waals surface area contributed by atoms with E-state index < -0.39 is 0 Å². The maximum atomic E-state index is 4.42. The van der Waals surface area contributed by atoms with Crippen LogP contribution in [0.25, 0.3) is 0 Å². The van der Waals surface area contributed by atoms with Crippen LogP contribution in [-0.4, -0.2) is 9.78 Å². The van der Waals surface area contributed by atoms with Gasteiger partial charge in [0.15, 0.2) is 0 Å². The molecule has 0 fully saturated rings. The number of nitrogens with one attached hydrogen (secondary N) is 1. The molecule has 1 heterocycles. The summed E-state index contributed by atoms with van der Waals surface area (Å²) in [7, 11) is 1.96. The fourth-order valence-corrected chi connectivity index (χ4v) is 2.06. The summed E-state index contributed by atoms with van der Waals surface area (Å²) < 4.78 is 2.97. The van der Waals surface area contributed by atoms with E-state index in [0.717, 1.165) is 28.8 Å². The summed E-state index contributed by atoms with van der Waals surface area (Å²) in [4.78, 5) is 0. The number of hydrogen-bond donors (Lipinski definition) is 1. The van der Waals surface area contributed by atoms with Gasteiger partial charge in [0.25, 0.3) is 0 Å². The van der Waals surface area contributed by atoms with Gasteiger partial charge in [-0.15, -0.1) is 0 Å². The molecule has 0 aliphatic rings. The lowest BCUT2D eigenvalue weighted by atomic mass is 10.2. The van der Waals surface area contributed by atoms with Gasteiger partial charge in [-0.25, -0.2) is 0 Å². The summed E-state index contributed by atoms with van der Waals surface area (Å²) in [5.41, 5.74) is 3.55. The molecule has 0 aliphatic carbocycles. The van der Waals surface area contributed by atoms with E-state index in [9.17, 15) is 0 Å². The molecule has 4 heteroatoms. The quantitative estimate of drug-likeness (QED) is 0.937. The Balaban J connectivity index is 2.04. The van der Waals surface area contributed by atoms with Gasteiger partial charge in [-0.3, -0.25) is 4.68 Å². The third kappa shape index (κ3) is 3.09. The molecule has 2 rings (SSSR count). The molecule has 0 unspecified atom stereocenters. The van der Waals surface area contributed by atoms with Crippen LogP contribution in [0.3, 0.4) is 0 Å². The molecule has 0 bridgehead atoms. The lowest BCUT2D eigenvalue weighted by Gasteiger charge is -2.05. The van der Waals surface area contributed by atoms with Gasteiger partial charge < -0.3 is 5.32 Å². The fraction of sp³-hybridized carbons (Fsp3) is 0.308. The number of aromatic nitrogens is 2. The van der Waals surface area contributed by atoms with Gasteiger partial charge in [-0.05, 0) is 30.7 Å². The molecular weight excluding hydrogens is 278 g/mol. The van der Waals surface area contributed by atoms with Crippen molar-refractivity contribution in [2.45, 2.75) is 19.9 Å². The predicted molar refractivity (Wildman–Crippen MR) is 74.1 cm³/mol. The predicted octanol–water partition coefficient (Wildman–Crippen LogP) is 3.36. The number of rotatable bonds is 4. The first kappa shape index (κ1) is 12.2. The lowest BCUT2D eigenvalue weighted by molar-refractivity contribution is 0.746. The van der Waals surface area contributed by atoms with Gasteiger partial charge >= 0.3 is 0 Å². The van der Waals surface area contributed by atoms with E-state index in [0.29, 0.717) is 0 Å². The Kier molecular flexibility index (Phi) is 3.84. The first-order chi connectivity index (χ1) is 8.19. The molecule has 2 aromatic rings. The van der Waals surface area contributed by atoms with Gasteiger partial charge in [-0.2, -0.15) is 5.10 Å². The van der Waals surface area contributed by atoms with Crippen LogP contribution >= 0.6 is 15.9 Å². The second kappa shape index (κ2) is 5.36. The minimum atomic E-state index is 0.818. The summed E-state index contributed by atoms with van der Waals surface area (Å²) in [5, 5.41) is 7.83. The summed E-state index contributed by atoms with van der Waals surface area (Å²) in [5.74, 6) is 0. The maximum Gasteiger partial charge on any atom is 0.0671 e. The van der Waals surface area contributed by atoms with Crippen LogP contribution in [0.4, 0.5) is 5.69 Å². The monoisotopic (exact) mass is 293 g/mol. The van der Waals surface area contributed by atoms with Crippen LogP contribution in [0.2, 0.25) is 0 Å². The Morgan fingerprint density at radius 2 is 2.00 bits per heavy atom. The number of aryl methyl sites for hydroxylation is 2. The summed E-state index contributed by atoms with van der Waals surface area (Å²) in [6, 6.07) is 8.19. The molecule has 1 aromatic heterocycles. The molecule has 0 saturated heterocycles. The molecule has 90 valence electrons. The average Bonchev–Trinajstić information content (AvgIpc) is 2.69. The first-order valence-corrected chi connectivity index (χ1v) is 6.49. The third-order valence-corrected chi connectivity index (χ3v) is 3.18. The molecule has 0 radical (unpaired) electrons. The highest BCUT2D eigenvalue weighted by Crippen LogP contribution is 2.16. The van der Waals surface area contributed by atoms with Crippen molar-refractivity contribution in [1.29, 1.82) is 0 Å². The molecule has 1 aromatic carbocycles. The highest BCUT2D eigenvalue weighted by Gasteiger charge is 2.05. The second-order valence-corrected chi connectivity index (χ2v) is 4.90. The molecule has 0 spiro atoms. The third-order valence-electron chi connectivity index (χ3n) is 2.65. The Morgan fingerprint density at radius 1 is 1.29 bits per heavy atom. The van der Waals surface area contributed by atoms with Gasteiger partial charge in [0, 0.05) is 35.5 Å². The first-order valence-electron chi connectivity index (χ1n) is 5.70. The van der Waals surface area contributed by atoms with Gasteiger partial charge in [0.2, 0.25) is 0 Å². The smallest absolute Gasteiger partial charge is 0.0671 e. The van der Waals surface area contributed by atoms with Crippen molar-refractivity contribution in [3.63, 3.8) is 0 Å². The molecule has 1 N–H and O–H groups in total. The van der Waals surface area contributed by atoms with Crippen LogP contribution in [0, 0.1) is 0 Å². The van der Waals surface area contributed by atoms with E-state index in [-0.39, 0.29) is 0 Å². The molecule has 0 amide bonds. The largest absolute Gasteiger partial charge is 0.381 e. The Bertz CT molecular complexity index is 488. The summed E-state index contributed by atoms with van der Waals surface area (Å²) >= 11 is 3.43. The fourth-order valence-electron chi connectivity index (χ4n) is 1.79. The van der Waals surface area contributed by atoms with Gasteiger partial charge in [-0.1, -0.05) is 22.9 Å². The summed E-state index contributed by atoms with van der Waals surface area (Å²) in [6.07, 6.45) is 3.04. The van der Waals surface area contributed by atoms with Crippen molar-refractivity contribution in [2.75, 3.05) is 5.32 Å². The topological polar surface area (TPSA) is 29.9 Å². The highest BCUT2D eigenvalue weighted by molar-refractivity contribution is 9.10. The van der Waals surface area contributed by atoms with Crippen molar-refractivity contribution in [3.05, 3.63) is 46.2 Å². The molecule has 0 aliphatic heterocycles. The number of halogens is 1. The molecule has 3 nitrogen and oxygen atoms in total. The number of hydrogen-bond acceptors (Lipinski definition) is 2. The van der Waals surface area contributed by atoms with E-state index in [1.54, 1.807) is 0 Å². The van der Waals surface area contributed by atoms with Crippen molar-refractivity contribution in [3.8, 4) is 0 Å². The lowest BCUT2D eigenvalue weighted by Crippen LogP contribution is -2.00. The van der Waals surface area contributed by atoms with E-state index in [2.05, 4.69) is 51.6 Å². The van der Waals surface area contributed by atoms with Crippen LogP contribution < -0.4 is 5.32 Å². The SMILES string of the molecule is CCc1nn(C)cc1CNc1ccc(Br)cc1. The molecule has 17 heavy (non-hydrogen) atoms. The van der Waals surface area contributed by atoms with Crippen LogP contribution in [0.1, 0.15) is 18.2 Å². The van der Waals surface area contributed by atoms with Crippen molar-refractivity contribution in [1.82, 2.24) is 9.78 Å². The average molecular weight is 294 g/mol. The van der Waals surface area contributed by atoms with Crippen molar-refractivity contribution < 1.29 is 0 Å². The molecular formula is C13H16BrN3. The number of anilines is 1. The van der Waals surface area contributed by atoms with Crippen molar-refractivity contribution >= 4 is 21.6 Å².